The van der Waals surface area contributed by atoms with Gasteiger partial charge >= 0.3 is 6.01 Å². The second-order valence-corrected chi connectivity index (χ2v) is 5.27. The quantitative estimate of drug-likeness (QED) is 0.876. The maximum Gasteiger partial charge on any atom is 0.324 e. The molecule has 6 heteroatoms. The van der Waals surface area contributed by atoms with Crippen LogP contribution in [-0.2, 0) is 4.79 Å². The van der Waals surface area contributed by atoms with Crippen LogP contribution in [0.4, 0.5) is 6.01 Å². The Labute approximate surface area is 107 Å². The highest BCUT2D eigenvalue weighted by Gasteiger charge is 2.31. The maximum absolute atomic E-state index is 11.3. The smallest absolute Gasteiger partial charge is 0.324 e. The van der Waals surface area contributed by atoms with Gasteiger partial charge in [-0.25, -0.2) is 0 Å². The summed E-state index contributed by atoms with van der Waals surface area (Å²) in [7, 11) is 0. The SMILES string of the molecule is CC(C)c1noc(N2CC(C(N)=O)CCC2C)n1. The van der Waals surface area contributed by atoms with Crippen molar-refractivity contribution in [3.05, 3.63) is 5.82 Å². The summed E-state index contributed by atoms with van der Waals surface area (Å²) < 4.78 is 5.28. The van der Waals surface area contributed by atoms with E-state index in [9.17, 15) is 4.79 Å². The zero-order chi connectivity index (χ0) is 13.3. The number of carbonyl (C=O) groups excluding carboxylic acids is 1. The molecule has 1 amide bonds. The summed E-state index contributed by atoms with van der Waals surface area (Å²) in [4.78, 5) is 17.6. The van der Waals surface area contributed by atoms with Crippen molar-refractivity contribution in [1.29, 1.82) is 0 Å². The molecule has 2 N–H and O–H groups in total. The van der Waals surface area contributed by atoms with Gasteiger partial charge in [-0.1, -0.05) is 19.0 Å². The van der Waals surface area contributed by atoms with Crippen LogP contribution in [0.3, 0.4) is 0 Å². The van der Waals surface area contributed by atoms with E-state index >= 15 is 0 Å². The van der Waals surface area contributed by atoms with Crippen LogP contribution in [0.2, 0.25) is 0 Å². The molecule has 0 aliphatic carbocycles. The number of aromatic nitrogens is 2. The van der Waals surface area contributed by atoms with Gasteiger partial charge in [-0.05, 0) is 19.8 Å². The van der Waals surface area contributed by atoms with E-state index < -0.39 is 0 Å². The van der Waals surface area contributed by atoms with Crippen molar-refractivity contribution in [2.75, 3.05) is 11.4 Å². The summed E-state index contributed by atoms with van der Waals surface area (Å²) in [5, 5.41) is 3.95. The molecule has 0 aromatic carbocycles. The summed E-state index contributed by atoms with van der Waals surface area (Å²) in [6, 6.07) is 0.790. The van der Waals surface area contributed by atoms with E-state index in [1.54, 1.807) is 0 Å². The zero-order valence-corrected chi connectivity index (χ0v) is 11.1. The second-order valence-electron chi connectivity index (χ2n) is 5.27. The first-order valence-corrected chi connectivity index (χ1v) is 6.38. The van der Waals surface area contributed by atoms with Crippen LogP contribution >= 0.6 is 0 Å². The fourth-order valence-electron chi connectivity index (χ4n) is 2.18. The van der Waals surface area contributed by atoms with Crippen LogP contribution in [0, 0.1) is 5.92 Å². The molecule has 100 valence electrons. The number of amides is 1. The van der Waals surface area contributed by atoms with Gasteiger partial charge in [0.15, 0.2) is 5.82 Å². The minimum Gasteiger partial charge on any atom is -0.369 e. The maximum atomic E-state index is 11.3. The van der Waals surface area contributed by atoms with Crippen molar-refractivity contribution < 1.29 is 9.32 Å². The molecule has 2 atom stereocenters. The molecule has 0 bridgehead atoms. The molecule has 0 spiro atoms. The van der Waals surface area contributed by atoms with Crippen molar-refractivity contribution in [2.45, 2.75) is 45.6 Å². The highest BCUT2D eigenvalue weighted by molar-refractivity contribution is 5.77. The number of piperidine rings is 1. The van der Waals surface area contributed by atoms with E-state index in [1.165, 1.54) is 0 Å². The minimum absolute atomic E-state index is 0.129. The van der Waals surface area contributed by atoms with Crippen LogP contribution in [0.15, 0.2) is 4.52 Å². The standard InChI is InChI=1S/C12H20N4O2/c1-7(2)11-14-12(18-15-11)16-6-9(10(13)17)5-4-8(16)3/h7-9H,4-6H2,1-3H3,(H2,13,17). The van der Waals surface area contributed by atoms with E-state index in [0.29, 0.717) is 24.4 Å². The highest BCUT2D eigenvalue weighted by Crippen LogP contribution is 2.27. The Morgan fingerprint density at radius 1 is 1.50 bits per heavy atom. The fraction of sp³-hybridized carbons (Fsp3) is 0.750. The molecule has 1 aliphatic heterocycles. The molecule has 1 aliphatic rings. The topological polar surface area (TPSA) is 85.3 Å². The third-order valence-electron chi connectivity index (χ3n) is 3.48. The lowest BCUT2D eigenvalue weighted by molar-refractivity contribution is -0.122. The third kappa shape index (κ3) is 2.47. The normalized spacial score (nSPS) is 24.6. The van der Waals surface area contributed by atoms with E-state index in [2.05, 4.69) is 17.1 Å². The van der Waals surface area contributed by atoms with Crippen LogP contribution in [0.1, 0.15) is 45.4 Å². The number of rotatable bonds is 3. The molecule has 2 rings (SSSR count). The number of nitrogens with two attached hydrogens (primary N) is 1. The molecule has 1 aromatic heterocycles. The average Bonchev–Trinajstić information content (AvgIpc) is 2.78. The second kappa shape index (κ2) is 4.96. The molecular formula is C12H20N4O2. The average molecular weight is 252 g/mol. The number of hydrogen-bond donors (Lipinski definition) is 1. The van der Waals surface area contributed by atoms with Gasteiger partial charge in [0.2, 0.25) is 5.91 Å². The Balaban J connectivity index is 2.16. The van der Waals surface area contributed by atoms with E-state index in [1.807, 2.05) is 18.7 Å². The van der Waals surface area contributed by atoms with E-state index in [0.717, 1.165) is 12.8 Å². The third-order valence-corrected chi connectivity index (χ3v) is 3.48. The number of primary amides is 1. The summed E-state index contributed by atoms with van der Waals surface area (Å²) >= 11 is 0. The van der Waals surface area contributed by atoms with Crippen LogP contribution in [0.5, 0.6) is 0 Å². The Hall–Kier alpha value is -1.59. The van der Waals surface area contributed by atoms with Gasteiger partial charge in [0.25, 0.3) is 0 Å². The molecule has 0 radical (unpaired) electrons. The van der Waals surface area contributed by atoms with Gasteiger partial charge in [-0.2, -0.15) is 4.98 Å². The summed E-state index contributed by atoms with van der Waals surface area (Å²) in [5.41, 5.74) is 5.37. The summed E-state index contributed by atoms with van der Waals surface area (Å²) in [6.45, 7) is 6.69. The molecule has 18 heavy (non-hydrogen) atoms. The molecule has 1 fully saturated rings. The van der Waals surface area contributed by atoms with Gasteiger partial charge in [0.1, 0.15) is 0 Å². The Morgan fingerprint density at radius 3 is 2.78 bits per heavy atom. The lowest BCUT2D eigenvalue weighted by Gasteiger charge is -2.35. The number of nitrogens with zero attached hydrogens (tertiary/aromatic N) is 3. The van der Waals surface area contributed by atoms with E-state index in [4.69, 9.17) is 10.3 Å². The zero-order valence-electron chi connectivity index (χ0n) is 11.1. The molecular weight excluding hydrogens is 232 g/mol. The van der Waals surface area contributed by atoms with Crippen LogP contribution < -0.4 is 10.6 Å². The first kappa shape index (κ1) is 12.9. The lowest BCUT2D eigenvalue weighted by Crippen LogP contribution is -2.46. The van der Waals surface area contributed by atoms with Gasteiger partial charge in [-0.3, -0.25) is 4.79 Å². The molecule has 1 aromatic rings. The van der Waals surface area contributed by atoms with Gasteiger partial charge in [0.05, 0.1) is 5.92 Å². The largest absolute Gasteiger partial charge is 0.369 e. The number of hydrogen-bond acceptors (Lipinski definition) is 5. The monoisotopic (exact) mass is 252 g/mol. The summed E-state index contributed by atoms with van der Waals surface area (Å²) in [5.74, 6) is 0.541. The van der Waals surface area contributed by atoms with Crippen LogP contribution in [0.25, 0.3) is 0 Å². The summed E-state index contributed by atoms with van der Waals surface area (Å²) in [6.07, 6.45) is 1.74. The van der Waals surface area contributed by atoms with Gasteiger partial charge in [-0.15, -0.1) is 0 Å². The molecule has 1 saturated heterocycles. The van der Waals surface area contributed by atoms with Gasteiger partial charge < -0.3 is 15.2 Å². The minimum atomic E-state index is -0.254. The predicted molar refractivity (Wildman–Crippen MR) is 67.1 cm³/mol. The Bertz CT molecular complexity index is 429. The molecule has 6 nitrogen and oxygen atoms in total. The predicted octanol–water partition coefficient (Wildman–Crippen LogP) is 1.28. The Morgan fingerprint density at radius 2 is 2.22 bits per heavy atom. The first-order valence-electron chi connectivity index (χ1n) is 6.38. The van der Waals surface area contributed by atoms with Crippen LogP contribution in [-0.4, -0.2) is 28.6 Å². The molecule has 2 heterocycles. The highest BCUT2D eigenvalue weighted by atomic mass is 16.5. The Kier molecular flexibility index (Phi) is 3.54. The number of anilines is 1. The molecule has 2 unspecified atom stereocenters. The lowest BCUT2D eigenvalue weighted by atomic mass is 9.93. The van der Waals surface area contributed by atoms with Crippen molar-refractivity contribution in [2.24, 2.45) is 11.7 Å². The fourth-order valence-corrected chi connectivity index (χ4v) is 2.18. The first-order chi connectivity index (χ1) is 8.49. The molecule has 0 saturated carbocycles. The van der Waals surface area contributed by atoms with E-state index in [-0.39, 0.29) is 17.7 Å². The number of carbonyl (C=O) groups is 1. The van der Waals surface area contributed by atoms with Crippen molar-refractivity contribution in [3.8, 4) is 0 Å². The van der Waals surface area contributed by atoms with Gasteiger partial charge in [0, 0.05) is 18.5 Å². The van der Waals surface area contributed by atoms with Crippen molar-refractivity contribution in [3.63, 3.8) is 0 Å². The van der Waals surface area contributed by atoms with Crippen molar-refractivity contribution in [1.82, 2.24) is 10.1 Å². The van der Waals surface area contributed by atoms with Crippen molar-refractivity contribution >= 4 is 11.9 Å².